The Hall–Kier alpha value is -1.78. The minimum atomic E-state index is 0.589. The van der Waals surface area contributed by atoms with Gasteiger partial charge in [0, 0.05) is 19.3 Å². The van der Waals surface area contributed by atoms with Gasteiger partial charge in [0.2, 0.25) is 0 Å². The van der Waals surface area contributed by atoms with E-state index in [4.69, 9.17) is 4.74 Å². The van der Waals surface area contributed by atoms with Crippen LogP contribution < -0.4 is 15.4 Å². The zero-order valence-corrected chi connectivity index (χ0v) is 13.3. The maximum atomic E-state index is 5.58. The molecule has 2 N–H and O–H groups in total. The highest BCUT2D eigenvalue weighted by atomic mass is 16.5. The standard InChI is InChI=1S/C16H28N4O/c1-3-5-6-7-11-19-16(18-4-2)20-12-13-21-15-9-8-10-17-14-15/h8-10,14H,3-7,11-13H2,1-2H3,(H2,18,19,20). The molecule has 0 saturated carbocycles. The van der Waals surface area contributed by atoms with Crippen molar-refractivity contribution in [3.63, 3.8) is 0 Å². The van der Waals surface area contributed by atoms with Gasteiger partial charge in [-0.15, -0.1) is 0 Å². The number of ether oxygens (including phenoxy) is 1. The minimum absolute atomic E-state index is 0.589. The largest absolute Gasteiger partial charge is 0.490 e. The van der Waals surface area contributed by atoms with Crippen LogP contribution in [0.15, 0.2) is 29.5 Å². The summed E-state index contributed by atoms with van der Waals surface area (Å²) in [6, 6.07) is 3.77. The predicted octanol–water partition coefficient (Wildman–Crippen LogP) is 2.60. The molecule has 1 rings (SSSR count). The number of aliphatic imine (C=N–C) groups is 1. The van der Waals surface area contributed by atoms with E-state index in [2.05, 4.69) is 34.5 Å². The molecule has 0 aliphatic rings. The molecule has 0 atom stereocenters. The summed E-state index contributed by atoms with van der Waals surface area (Å²) in [5.74, 6) is 1.66. The maximum absolute atomic E-state index is 5.58. The molecule has 0 fully saturated rings. The van der Waals surface area contributed by atoms with Gasteiger partial charge in [-0.05, 0) is 25.5 Å². The Bertz CT molecular complexity index is 381. The van der Waals surface area contributed by atoms with Crippen LogP contribution in [0.1, 0.15) is 39.5 Å². The Morgan fingerprint density at radius 1 is 1.24 bits per heavy atom. The Balaban J connectivity index is 2.19. The SMILES string of the molecule is CCCCCCN=C(NCC)NCCOc1cccnc1. The number of pyridine rings is 1. The molecule has 0 bridgehead atoms. The average Bonchev–Trinajstić information content (AvgIpc) is 2.52. The Morgan fingerprint density at radius 2 is 2.14 bits per heavy atom. The lowest BCUT2D eigenvalue weighted by Crippen LogP contribution is -2.39. The fraction of sp³-hybridized carbons (Fsp3) is 0.625. The number of nitrogens with one attached hydrogen (secondary N) is 2. The first kappa shape index (κ1) is 17.3. The average molecular weight is 292 g/mol. The smallest absolute Gasteiger partial charge is 0.191 e. The first-order chi connectivity index (χ1) is 10.4. The van der Waals surface area contributed by atoms with Crippen LogP contribution in [0.5, 0.6) is 5.75 Å². The quantitative estimate of drug-likeness (QED) is 0.395. The molecule has 5 heteroatoms. The van der Waals surface area contributed by atoms with Gasteiger partial charge in [-0.25, -0.2) is 0 Å². The molecule has 21 heavy (non-hydrogen) atoms. The van der Waals surface area contributed by atoms with Crippen molar-refractivity contribution in [2.75, 3.05) is 26.2 Å². The Labute approximate surface area is 128 Å². The van der Waals surface area contributed by atoms with Gasteiger partial charge >= 0.3 is 0 Å². The molecule has 0 unspecified atom stereocenters. The number of nitrogens with zero attached hydrogens (tertiary/aromatic N) is 2. The maximum Gasteiger partial charge on any atom is 0.191 e. The van der Waals surface area contributed by atoms with Crippen LogP contribution in [0, 0.1) is 0 Å². The highest BCUT2D eigenvalue weighted by Crippen LogP contribution is 2.04. The molecule has 0 spiro atoms. The van der Waals surface area contributed by atoms with Crippen molar-refractivity contribution in [3.05, 3.63) is 24.5 Å². The summed E-state index contributed by atoms with van der Waals surface area (Å²) in [4.78, 5) is 8.57. The van der Waals surface area contributed by atoms with Crippen molar-refractivity contribution in [1.29, 1.82) is 0 Å². The van der Waals surface area contributed by atoms with Gasteiger partial charge in [0.15, 0.2) is 5.96 Å². The molecule has 0 aromatic carbocycles. The number of aromatic nitrogens is 1. The summed E-state index contributed by atoms with van der Waals surface area (Å²) >= 11 is 0. The molecule has 0 saturated heterocycles. The number of unbranched alkanes of at least 4 members (excludes halogenated alkanes) is 3. The third kappa shape index (κ3) is 8.89. The van der Waals surface area contributed by atoms with Gasteiger partial charge in [0.1, 0.15) is 12.4 Å². The van der Waals surface area contributed by atoms with E-state index in [9.17, 15) is 0 Å². The van der Waals surface area contributed by atoms with Gasteiger partial charge < -0.3 is 15.4 Å². The Morgan fingerprint density at radius 3 is 2.86 bits per heavy atom. The van der Waals surface area contributed by atoms with Gasteiger partial charge in [0.25, 0.3) is 0 Å². The van der Waals surface area contributed by atoms with Crippen molar-refractivity contribution in [2.24, 2.45) is 4.99 Å². The van der Waals surface area contributed by atoms with Crippen LogP contribution in [0.25, 0.3) is 0 Å². The predicted molar refractivity (Wildman–Crippen MR) is 87.9 cm³/mol. The second kappa shape index (κ2) is 12.0. The molecule has 0 amide bonds. The van der Waals surface area contributed by atoms with E-state index in [0.717, 1.165) is 37.8 Å². The van der Waals surface area contributed by atoms with Crippen LogP contribution in [0.3, 0.4) is 0 Å². The molecule has 118 valence electrons. The molecule has 0 radical (unpaired) electrons. The van der Waals surface area contributed by atoms with Crippen molar-refractivity contribution in [2.45, 2.75) is 39.5 Å². The number of guanidine groups is 1. The second-order valence-corrected chi connectivity index (χ2v) is 4.79. The van der Waals surface area contributed by atoms with E-state index >= 15 is 0 Å². The summed E-state index contributed by atoms with van der Waals surface area (Å²) in [7, 11) is 0. The van der Waals surface area contributed by atoms with Crippen LogP contribution in [0.4, 0.5) is 0 Å². The first-order valence-corrected chi connectivity index (χ1v) is 7.91. The highest BCUT2D eigenvalue weighted by molar-refractivity contribution is 5.79. The third-order valence-corrected chi connectivity index (χ3v) is 2.92. The van der Waals surface area contributed by atoms with E-state index in [0.29, 0.717) is 6.61 Å². The van der Waals surface area contributed by atoms with Gasteiger partial charge in [-0.3, -0.25) is 9.98 Å². The van der Waals surface area contributed by atoms with Crippen LogP contribution >= 0.6 is 0 Å². The van der Waals surface area contributed by atoms with E-state index in [1.54, 1.807) is 12.4 Å². The van der Waals surface area contributed by atoms with Crippen molar-refractivity contribution in [3.8, 4) is 5.75 Å². The monoisotopic (exact) mass is 292 g/mol. The van der Waals surface area contributed by atoms with E-state index in [1.165, 1.54) is 19.3 Å². The fourth-order valence-electron chi connectivity index (χ4n) is 1.84. The number of hydrogen-bond acceptors (Lipinski definition) is 3. The summed E-state index contributed by atoms with van der Waals surface area (Å²) in [6.07, 6.45) is 8.40. The van der Waals surface area contributed by atoms with Gasteiger partial charge in [0.05, 0.1) is 12.7 Å². The van der Waals surface area contributed by atoms with Crippen LogP contribution in [0.2, 0.25) is 0 Å². The van der Waals surface area contributed by atoms with E-state index in [1.807, 2.05) is 12.1 Å². The molecule has 1 aromatic rings. The number of hydrogen-bond donors (Lipinski definition) is 2. The van der Waals surface area contributed by atoms with Crippen molar-refractivity contribution in [1.82, 2.24) is 15.6 Å². The van der Waals surface area contributed by atoms with E-state index in [-0.39, 0.29) is 0 Å². The lowest BCUT2D eigenvalue weighted by molar-refractivity contribution is 0.320. The summed E-state index contributed by atoms with van der Waals surface area (Å²) < 4.78 is 5.58. The second-order valence-electron chi connectivity index (χ2n) is 4.79. The van der Waals surface area contributed by atoms with E-state index < -0.39 is 0 Å². The molecule has 1 heterocycles. The van der Waals surface area contributed by atoms with Crippen LogP contribution in [-0.4, -0.2) is 37.2 Å². The molecular formula is C16H28N4O. The van der Waals surface area contributed by atoms with Crippen molar-refractivity contribution >= 4 is 5.96 Å². The Kier molecular flexibility index (Phi) is 9.87. The molecule has 1 aromatic heterocycles. The molecule has 0 aliphatic heterocycles. The fourth-order valence-corrected chi connectivity index (χ4v) is 1.84. The molecular weight excluding hydrogens is 264 g/mol. The lowest BCUT2D eigenvalue weighted by Gasteiger charge is -2.12. The zero-order valence-electron chi connectivity index (χ0n) is 13.3. The topological polar surface area (TPSA) is 58.5 Å². The normalized spacial score (nSPS) is 11.2. The summed E-state index contributed by atoms with van der Waals surface area (Å²) in [5.41, 5.74) is 0. The summed E-state index contributed by atoms with van der Waals surface area (Å²) in [6.45, 7) is 7.34. The van der Waals surface area contributed by atoms with Crippen LogP contribution in [-0.2, 0) is 0 Å². The summed E-state index contributed by atoms with van der Waals surface area (Å²) in [5, 5.41) is 6.52. The number of rotatable bonds is 10. The van der Waals surface area contributed by atoms with Gasteiger partial charge in [-0.2, -0.15) is 0 Å². The third-order valence-electron chi connectivity index (χ3n) is 2.92. The lowest BCUT2D eigenvalue weighted by atomic mass is 10.2. The zero-order chi connectivity index (χ0) is 15.2. The highest BCUT2D eigenvalue weighted by Gasteiger charge is 1.97. The first-order valence-electron chi connectivity index (χ1n) is 7.91. The van der Waals surface area contributed by atoms with Crippen molar-refractivity contribution < 1.29 is 4.74 Å². The molecule has 5 nitrogen and oxygen atoms in total. The minimum Gasteiger partial charge on any atom is -0.490 e. The van der Waals surface area contributed by atoms with Gasteiger partial charge in [-0.1, -0.05) is 26.2 Å². The molecule has 0 aliphatic carbocycles.